The van der Waals surface area contributed by atoms with Gasteiger partial charge in [-0.25, -0.2) is 0 Å². The maximum Gasteiger partial charge on any atom is 0.232 e. The fraction of sp³-hybridized carbons (Fsp3) is 0.500. The van der Waals surface area contributed by atoms with E-state index < -0.39 is 5.41 Å². The smallest absolute Gasteiger partial charge is 0.232 e. The summed E-state index contributed by atoms with van der Waals surface area (Å²) in [5.74, 6) is 0.143. The highest BCUT2D eigenvalue weighted by Gasteiger charge is 2.32. The lowest BCUT2D eigenvalue weighted by Gasteiger charge is -2.31. The summed E-state index contributed by atoms with van der Waals surface area (Å²) in [5.41, 5.74) is 6.90. The molecule has 3 nitrogen and oxygen atoms in total. The molecule has 0 bridgehead atoms. The topological polar surface area (TPSA) is 46.3 Å². The van der Waals surface area contributed by atoms with Crippen molar-refractivity contribution in [2.24, 2.45) is 0 Å². The van der Waals surface area contributed by atoms with Gasteiger partial charge in [0.2, 0.25) is 5.91 Å². The van der Waals surface area contributed by atoms with Crippen LogP contribution >= 0.6 is 15.9 Å². The molecule has 1 rings (SSSR count). The maximum absolute atomic E-state index is 12.5. The second-order valence-corrected chi connectivity index (χ2v) is 5.69. The molecule has 0 radical (unpaired) electrons. The van der Waals surface area contributed by atoms with Gasteiger partial charge in [0.15, 0.2) is 0 Å². The van der Waals surface area contributed by atoms with Crippen LogP contribution in [0.3, 0.4) is 0 Å². The Morgan fingerprint density at radius 2 is 1.89 bits per heavy atom. The summed E-state index contributed by atoms with van der Waals surface area (Å²) in [7, 11) is 0. The van der Waals surface area contributed by atoms with E-state index in [-0.39, 0.29) is 5.91 Å². The Kier molecular flexibility index (Phi) is 4.79. The highest BCUT2D eigenvalue weighted by Crippen LogP contribution is 2.30. The summed E-state index contributed by atoms with van der Waals surface area (Å²) in [5, 5.41) is 0. The van der Waals surface area contributed by atoms with Crippen LogP contribution in [0.15, 0.2) is 22.7 Å². The molecule has 0 aliphatic heterocycles. The van der Waals surface area contributed by atoms with E-state index in [1.54, 1.807) is 0 Å². The molecule has 4 heteroatoms. The Morgan fingerprint density at radius 1 is 1.33 bits per heavy atom. The second kappa shape index (κ2) is 5.74. The van der Waals surface area contributed by atoms with Gasteiger partial charge in [-0.15, -0.1) is 0 Å². The van der Waals surface area contributed by atoms with E-state index in [0.717, 1.165) is 23.1 Å². The average Bonchev–Trinajstić information content (AvgIpc) is 2.33. The summed E-state index contributed by atoms with van der Waals surface area (Å²) in [6, 6.07) is 5.68. The molecule has 0 aliphatic rings. The number of rotatable bonds is 4. The average molecular weight is 313 g/mol. The van der Waals surface area contributed by atoms with Crippen LogP contribution in [0.2, 0.25) is 0 Å². The number of benzene rings is 1. The van der Waals surface area contributed by atoms with E-state index in [1.807, 2.05) is 50.8 Å². The Hall–Kier alpha value is -1.03. The first-order chi connectivity index (χ1) is 8.34. The molecule has 1 aromatic carbocycles. The number of hydrogen-bond donors (Lipinski definition) is 1. The molecule has 100 valence electrons. The van der Waals surface area contributed by atoms with E-state index in [4.69, 9.17) is 5.73 Å². The van der Waals surface area contributed by atoms with Crippen molar-refractivity contribution in [1.29, 1.82) is 0 Å². The number of nitrogen functional groups attached to an aromatic ring is 1. The van der Waals surface area contributed by atoms with E-state index in [9.17, 15) is 4.79 Å². The van der Waals surface area contributed by atoms with Crippen LogP contribution in [0, 0.1) is 0 Å². The summed E-state index contributed by atoms with van der Waals surface area (Å²) >= 11 is 3.41. The van der Waals surface area contributed by atoms with Crippen LogP contribution in [0.4, 0.5) is 5.69 Å². The molecular formula is C14H21BrN2O. The number of carbonyl (C=O) groups is 1. The van der Waals surface area contributed by atoms with Crippen LogP contribution in [0.5, 0.6) is 0 Å². The van der Waals surface area contributed by atoms with Crippen LogP contribution in [0.1, 0.15) is 33.3 Å². The summed E-state index contributed by atoms with van der Waals surface area (Å²) in [6.45, 7) is 9.35. The van der Waals surface area contributed by atoms with Crippen LogP contribution < -0.4 is 5.73 Å². The zero-order valence-corrected chi connectivity index (χ0v) is 13.0. The molecule has 18 heavy (non-hydrogen) atoms. The number of halogens is 1. The second-order valence-electron chi connectivity index (χ2n) is 4.84. The summed E-state index contributed by atoms with van der Waals surface area (Å²) in [6.07, 6.45) is 0. The van der Waals surface area contributed by atoms with E-state index in [0.29, 0.717) is 5.69 Å². The van der Waals surface area contributed by atoms with Crippen molar-refractivity contribution in [3.63, 3.8) is 0 Å². The van der Waals surface area contributed by atoms with Gasteiger partial charge in [0.25, 0.3) is 0 Å². The van der Waals surface area contributed by atoms with Crippen LogP contribution in [-0.2, 0) is 10.2 Å². The Bertz CT molecular complexity index is 439. The number of anilines is 1. The quantitative estimate of drug-likeness (QED) is 0.868. The molecule has 0 aliphatic carbocycles. The molecule has 0 saturated heterocycles. The van der Waals surface area contributed by atoms with Gasteiger partial charge in [-0.05, 0) is 61.3 Å². The molecular weight excluding hydrogens is 292 g/mol. The third-order valence-corrected chi connectivity index (χ3v) is 3.99. The molecule has 1 amide bonds. The van der Waals surface area contributed by atoms with Crippen molar-refractivity contribution >= 4 is 27.5 Å². The minimum atomic E-state index is -0.539. The minimum absolute atomic E-state index is 0.143. The van der Waals surface area contributed by atoms with Gasteiger partial charge in [0.1, 0.15) is 0 Å². The van der Waals surface area contributed by atoms with Crippen LogP contribution in [0.25, 0.3) is 0 Å². The standard InChI is InChI=1S/C14H21BrN2O/c1-5-17(6-2)13(18)14(3,4)10-7-8-12(16)11(15)9-10/h7-9H,5-6,16H2,1-4H3. The van der Waals surface area contributed by atoms with Gasteiger partial charge < -0.3 is 10.6 Å². The third-order valence-electron chi connectivity index (χ3n) is 3.31. The number of hydrogen-bond acceptors (Lipinski definition) is 2. The van der Waals surface area contributed by atoms with E-state index >= 15 is 0 Å². The van der Waals surface area contributed by atoms with Crippen molar-refractivity contribution < 1.29 is 4.79 Å². The Morgan fingerprint density at radius 3 is 2.33 bits per heavy atom. The number of likely N-dealkylation sites (N-methyl/N-ethyl adjacent to an activating group) is 1. The lowest BCUT2D eigenvalue weighted by atomic mass is 9.83. The predicted octanol–water partition coefficient (Wildman–Crippen LogP) is 3.18. The largest absolute Gasteiger partial charge is 0.398 e. The number of nitrogens with two attached hydrogens (primary N) is 1. The fourth-order valence-electron chi connectivity index (χ4n) is 1.95. The van der Waals surface area contributed by atoms with Gasteiger partial charge in [-0.3, -0.25) is 4.79 Å². The first-order valence-corrected chi connectivity index (χ1v) is 6.98. The van der Waals surface area contributed by atoms with Gasteiger partial charge in [-0.1, -0.05) is 6.07 Å². The predicted molar refractivity (Wildman–Crippen MR) is 79.5 cm³/mol. The van der Waals surface area contributed by atoms with Crippen molar-refractivity contribution in [3.8, 4) is 0 Å². The lowest BCUT2D eigenvalue weighted by Crippen LogP contribution is -2.43. The Labute approximate surface area is 117 Å². The molecule has 1 aromatic rings. The zero-order valence-electron chi connectivity index (χ0n) is 11.5. The van der Waals surface area contributed by atoms with E-state index in [1.165, 1.54) is 0 Å². The van der Waals surface area contributed by atoms with E-state index in [2.05, 4.69) is 15.9 Å². The van der Waals surface area contributed by atoms with Gasteiger partial charge in [-0.2, -0.15) is 0 Å². The highest BCUT2D eigenvalue weighted by molar-refractivity contribution is 9.10. The first-order valence-electron chi connectivity index (χ1n) is 6.19. The molecule has 0 unspecified atom stereocenters. The fourth-order valence-corrected chi connectivity index (χ4v) is 2.32. The zero-order chi connectivity index (χ0) is 13.9. The molecule has 0 fully saturated rings. The molecule has 0 saturated carbocycles. The summed E-state index contributed by atoms with van der Waals surface area (Å²) in [4.78, 5) is 14.4. The third kappa shape index (κ3) is 2.86. The van der Waals surface area contributed by atoms with Gasteiger partial charge in [0.05, 0.1) is 5.41 Å². The number of carbonyl (C=O) groups excluding carboxylic acids is 1. The number of nitrogens with zero attached hydrogens (tertiary/aromatic N) is 1. The summed E-state index contributed by atoms with van der Waals surface area (Å²) < 4.78 is 0.834. The molecule has 0 heterocycles. The lowest BCUT2D eigenvalue weighted by molar-refractivity contribution is -0.135. The van der Waals surface area contributed by atoms with Gasteiger partial charge in [0, 0.05) is 23.2 Å². The minimum Gasteiger partial charge on any atom is -0.398 e. The van der Waals surface area contributed by atoms with Crippen molar-refractivity contribution in [3.05, 3.63) is 28.2 Å². The monoisotopic (exact) mass is 312 g/mol. The first kappa shape index (κ1) is 15.0. The molecule has 0 atom stereocenters. The van der Waals surface area contributed by atoms with Crippen LogP contribution in [-0.4, -0.2) is 23.9 Å². The van der Waals surface area contributed by atoms with Crippen molar-refractivity contribution in [1.82, 2.24) is 4.90 Å². The normalized spacial score (nSPS) is 11.4. The maximum atomic E-state index is 12.5. The molecule has 0 aromatic heterocycles. The molecule has 0 spiro atoms. The van der Waals surface area contributed by atoms with Gasteiger partial charge >= 0.3 is 0 Å². The highest BCUT2D eigenvalue weighted by atomic mass is 79.9. The van der Waals surface area contributed by atoms with Crippen molar-refractivity contribution in [2.75, 3.05) is 18.8 Å². The SMILES string of the molecule is CCN(CC)C(=O)C(C)(C)c1ccc(N)c(Br)c1. The molecule has 2 N–H and O–H groups in total. The Balaban J connectivity index is 3.11. The number of amides is 1. The van der Waals surface area contributed by atoms with Crippen molar-refractivity contribution in [2.45, 2.75) is 33.1 Å².